The molecule has 0 atom stereocenters. The highest BCUT2D eigenvalue weighted by atomic mass is 16.5. The van der Waals surface area contributed by atoms with Crippen LogP contribution in [-0.4, -0.2) is 33.9 Å². The number of aromatic nitrogens is 2. The molecule has 90 valence electrons. The highest BCUT2D eigenvalue weighted by molar-refractivity contribution is 4.85. The normalized spacial score (nSPS) is 25.9. The summed E-state index contributed by atoms with van der Waals surface area (Å²) in [7, 11) is 0. The van der Waals surface area contributed by atoms with E-state index in [2.05, 4.69) is 15.5 Å². The minimum absolute atomic E-state index is 0.0853. The highest BCUT2D eigenvalue weighted by Gasteiger charge is 2.18. The molecule has 5 heteroatoms. The molecule has 0 radical (unpaired) electrons. The molecular weight excluding hydrogens is 206 g/mol. The maximum atomic E-state index is 9.37. The minimum atomic E-state index is -0.0853. The van der Waals surface area contributed by atoms with Gasteiger partial charge < -0.3 is 14.9 Å². The third-order valence-corrected chi connectivity index (χ3v) is 3.05. The molecule has 5 nitrogen and oxygen atoms in total. The fourth-order valence-corrected chi connectivity index (χ4v) is 2.11. The van der Waals surface area contributed by atoms with Crippen molar-refractivity contribution in [2.75, 3.05) is 6.54 Å². The molecule has 0 aliphatic heterocycles. The van der Waals surface area contributed by atoms with Gasteiger partial charge in [0.25, 0.3) is 0 Å². The Hall–Kier alpha value is -0.940. The van der Waals surface area contributed by atoms with E-state index in [4.69, 9.17) is 4.52 Å². The number of rotatable bonds is 4. The zero-order valence-electron chi connectivity index (χ0n) is 9.65. The Morgan fingerprint density at radius 3 is 2.75 bits per heavy atom. The molecular formula is C11H19N3O2. The van der Waals surface area contributed by atoms with E-state index >= 15 is 0 Å². The van der Waals surface area contributed by atoms with Gasteiger partial charge in [-0.15, -0.1) is 0 Å². The number of aryl methyl sites for hydroxylation is 1. The Bertz CT molecular complexity index is 319. The van der Waals surface area contributed by atoms with Crippen molar-refractivity contribution in [2.24, 2.45) is 0 Å². The predicted octanol–water partition coefficient (Wildman–Crippen LogP) is 0.814. The van der Waals surface area contributed by atoms with Gasteiger partial charge in [0.1, 0.15) is 0 Å². The van der Waals surface area contributed by atoms with Crippen LogP contribution in [0.1, 0.15) is 37.4 Å². The van der Waals surface area contributed by atoms with Gasteiger partial charge in [0, 0.05) is 25.9 Å². The number of aliphatic hydroxyl groups is 1. The molecule has 2 N–H and O–H groups in total. The van der Waals surface area contributed by atoms with Crippen LogP contribution in [0.5, 0.6) is 0 Å². The van der Waals surface area contributed by atoms with Crippen molar-refractivity contribution in [3.05, 3.63) is 11.7 Å². The summed E-state index contributed by atoms with van der Waals surface area (Å²) < 4.78 is 4.90. The first-order valence-corrected chi connectivity index (χ1v) is 5.94. The molecule has 1 aromatic heterocycles. The lowest BCUT2D eigenvalue weighted by atomic mass is 9.93. The Labute approximate surface area is 95.2 Å². The van der Waals surface area contributed by atoms with Crippen molar-refractivity contribution in [3.63, 3.8) is 0 Å². The average molecular weight is 225 g/mol. The summed E-state index contributed by atoms with van der Waals surface area (Å²) in [5.41, 5.74) is 0. The first-order valence-electron chi connectivity index (χ1n) is 5.94. The van der Waals surface area contributed by atoms with Gasteiger partial charge in [-0.05, 0) is 25.7 Å². The van der Waals surface area contributed by atoms with Gasteiger partial charge in [0.15, 0.2) is 5.82 Å². The van der Waals surface area contributed by atoms with Crippen molar-refractivity contribution in [1.82, 2.24) is 15.5 Å². The van der Waals surface area contributed by atoms with E-state index in [9.17, 15) is 5.11 Å². The van der Waals surface area contributed by atoms with Crippen molar-refractivity contribution in [2.45, 2.75) is 51.2 Å². The van der Waals surface area contributed by atoms with Crippen LogP contribution in [0.4, 0.5) is 0 Å². The van der Waals surface area contributed by atoms with Gasteiger partial charge in [0.2, 0.25) is 5.89 Å². The SMILES string of the molecule is Cc1nc(CCNC2CCC(O)CC2)no1. The molecule has 0 amide bonds. The molecule has 1 saturated carbocycles. The molecule has 0 spiro atoms. The molecule has 16 heavy (non-hydrogen) atoms. The van der Waals surface area contributed by atoms with Crippen LogP contribution in [0.3, 0.4) is 0 Å². The van der Waals surface area contributed by atoms with Crippen LogP contribution in [0.2, 0.25) is 0 Å². The fourth-order valence-electron chi connectivity index (χ4n) is 2.11. The van der Waals surface area contributed by atoms with Gasteiger partial charge >= 0.3 is 0 Å². The number of hydrogen-bond donors (Lipinski definition) is 2. The zero-order valence-corrected chi connectivity index (χ0v) is 9.65. The van der Waals surface area contributed by atoms with E-state index < -0.39 is 0 Å². The molecule has 1 heterocycles. The minimum Gasteiger partial charge on any atom is -0.393 e. The summed E-state index contributed by atoms with van der Waals surface area (Å²) in [6, 6.07) is 0.538. The molecule has 1 aliphatic carbocycles. The fraction of sp³-hybridized carbons (Fsp3) is 0.818. The van der Waals surface area contributed by atoms with Crippen LogP contribution in [0.25, 0.3) is 0 Å². The number of hydrogen-bond acceptors (Lipinski definition) is 5. The Morgan fingerprint density at radius 2 is 2.12 bits per heavy atom. The average Bonchev–Trinajstić information content (AvgIpc) is 2.67. The second-order valence-corrected chi connectivity index (χ2v) is 4.44. The monoisotopic (exact) mass is 225 g/mol. The van der Waals surface area contributed by atoms with Gasteiger partial charge in [-0.25, -0.2) is 0 Å². The van der Waals surface area contributed by atoms with E-state index in [1.165, 1.54) is 0 Å². The van der Waals surface area contributed by atoms with E-state index in [-0.39, 0.29) is 6.10 Å². The molecule has 0 bridgehead atoms. The van der Waals surface area contributed by atoms with Crippen LogP contribution in [-0.2, 0) is 6.42 Å². The molecule has 1 aromatic rings. The Balaban J connectivity index is 1.64. The summed E-state index contributed by atoms with van der Waals surface area (Å²) >= 11 is 0. The molecule has 0 unspecified atom stereocenters. The summed E-state index contributed by atoms with van der Waals surface area (Å²) in [4.78, 5) is 4.15. The van der Waals surface area contributed by atoms with Crippen LogP contribution < -0.4 is 5.32 Å². The summed E-state index contributed by atoms with van der Waals surface area (Å²) in [5, 5.41) is 16.7. The standard InChI is InChI=1S/C11H19N3O2/c1-8-13-11(14-16-8)6-7-12-9-2-4-10(15)5-3-9/h9-10,12,15H,2-7H2,1H3. The summed E-state index contributed by atoms with van der Waals surface area (Å²) in [6.07, 6.45) is 4.67. The Morgan fingerprint density at radius 1 is 1.38 bits per heavy atom. The van der Waals surface area contributed by atoms with E-state index in [0.717, 1.165) is 44.5 Å². The van der Waals surface area contributed by atoms with Gasteiger partial charge in [-0.1, -0.05) is 5.16 Å². The van der Waals surface area contributed by atoms with Crippen molar-refractivity contribution >= 4 is 0 Å². The van der Waals surface area contributed by atoms with Crippen molar-refractivity contribution in [1.29, 1.82) is 0 Å². The predicted molar refractivity (Wildman–Crippen MR) is 59.0 cm³/mol. The topological polar surface area (TPSA) is 71.2 Å². The molecule has 1 fully saturated rings. The lowest BCUT2D eigenvalue weighted by molar-refractivity contribution is 0.117. The first-order chi connectivity index (χ1) is 7.74. The summed E-state index contributed by atoms with van der Waals surface area (Å²) in [5.74, 6) is 1.39. The molecule has 2 rings (SSSR count). The smallest absolute Gasteiger partial charge is 0.223 e. The van der Waals surface area contributed by atoms with Crippen LogP contribution in [0, 0.1) is 6.92 Å². The first kappa shape index (κ1) is 11.5. The highest BCUT2D eigenvalue weighted by Crippen LogP contribution is 2.18. The van der Waals surface area contributed by atoms with E-state index in [0.29, 0.717) is 11.9 Å². The third-order valence-electron chi connectivity index (χ3n) is 3.05. The number of nitrogens with one attached hydrogen (secondary N) is 1. The van der Waals surface area contributed by atoms with Gasteiger partial charge in [-0.2, -0.15) is 4.98 Å². The molecule has 1 aliphatic rings. The third kappa shape index (κ3) is 3.28. The largest absolute Gasteiger partial charge is 0.393 e. The number of aliphatic hydroxyl groups excluding tert-OH is 1. The second-order valence-electron chi connectivity index (χ2n) is 4.44. The van der Waals surface area contributed by atoms with Crippen molar-refractivity contribution in [3.8, 4) is 0 Å². The lowest BCUT2D eigenvalue weighted by Crippen LogP contribution is -2.35. The molecule has 0 saturated heterocycles. The van der Waals surface area contributed by atoms with E-state index in [1.807, 2.05) is 0 Å². The summed E-state index contributed by atoms with van der Waals surface area (Å²) in [6.45, 7) is 2.67. The van der Waals surface area contributed by atoms with Crippen molar-refractivity contribution < 1.29 is 9.63 Å². The van der Waals surface area contributed by atoms with Crippen LogP contribution in [0.15, 0.2) is 4.52 Å². The Kier molecular flexibility index (Phi) is 3.90. The van der Waals surface area contributed by atoms with E-state index in [1.54, 1.807) is 6.92 Å². The van der Waals surface area contributed by atoms with Crippen LogP contribution >= 0.6 is 0 Å². The lowest BCUT2D eigenvalue weighted by Gasteiger charge is -2.26. The quantitative estimate of drug-likeness (QED) is 0.793. The zero-order chi connectivity index (χ0) is 11.4. The maximum absolute atomic E-state index is 9.37. The molecule has 0 aromatic carbocycles. The second kappa shape index (κ2) is 5.41. The number of nitrogens with zero attached hydrogens (tertiary/aromatic N) is 2. The van der Waals surface area contributed by atoms with Gasteiger partial charge in [-0.3, -0.25) is 0 Å². The van der Waals surface area contributed by atoms with Gasteiger partial charge in [0.05, 0.1) is 6.10 Å². The maximum Gasteiger partial charge on any atom is 0.223 e.